The Morgan fingerprint density at radius 3 is 2.69 bits per heavy atom. The van der Waals surface area contributed by atoms with Gasteiger partial charge in [0, 0.05) is 22.5 Å². The second kappa shape index (κ2) is 3.70. The van der Waals surface area contributed by atoms with Crippen LogP contribution in [0.1, 0.15) is 36.1 Å². The van der Waals surface area contributed by atoms with Gasteiger partial charge in [0.15, 0.2) is 5.01 Å². The van der Waals surface area contributed by atoms with E-state index in [0.29, 0.717) is 4.88 Å². The number of alkyl halides is 3. The van der Waals surface area contributed by atoms with E-state index >= 15 is 0 Å². The summed E-state index contributed by atoms with van der Waals surface area (Å²) >= 11 is 0.746. The average Bonchev–Trinajstić information content (AvgIpc) is 2.71. The smallest absolute Gasteiger partial charge is 0.328 e. The van der Waals surface area contributed by atoms with Gasteiger partial charge < -0.3 is 5.73 Å². The van der Waals surface area contributed by atoms with Gasteiger partial charge in [0.25, 0.3) is 0 Å². The average molecular weight is 250 g/mol. The lowest BCUT2D eigenvalue weighted by Crippen LogP contribution is -2.21. The minimum Gasteiger partial charge on any atom is -0.328 e. The molecule has 2 rings (SSSR count). The molecule has 0 aromatic carbocycles. The highest BCUT2D eigenvalue weighted by atomic mass is 32.1. The molecule has 2 N–H and O–H groups in total. The van der Waals surface area contributed by atoms with Gasteiger partial charge in [-0.1, -0.05) is 6.92 Å². The van der Waals surface area contributed by atoms with Gasteiger partial charge in [-0.05, 0) is 19.3 Å². The maximum absolute atomic E-state index is 12.4. The fraction of sp³-hybridized carbons (Fsp3) is 0.700. The zero-order chi connectivity index (χ0) is 12.0. The van der Waals surface area contributed by atoms with Crippen LogP contribution >= 0.6 is 11.3 Å². The quantitative estimate of drug-likeness (QED) is 0.832. The zero-order valence-electron chi connectivity index (χ0n) is 8.84. The molecule has 1 heterocycles. The van der Waals surface area contributed by atoms with Crippen LogP contribution in [0, 0.1) is 0 Å². The van der Waals surface area contributed by atoms with Gasteiger partial charge in [0.1, 0.15) is 0 Å². The van der Waals surface area contributed by atoms with Crippen LogP contribution in [0.5, 0.6) is 0 Å². The van der Waals surface area contributed by atoms with Gasteiger partial charge in [-0.2, -0.15) is 13.2 Å². The molecule has 1 saturated carbocycles. The van der Waals surface area contributed by atoms with Gasteiger partial charge in [0.05, 0.1) is 0 Å². The second-order valence-corrected chi connectivity index (χ2v) is 5.62. The molecule has 0 saturated heterocycles. The van der Waals surface area contributed by atoms with Gasteiger partial charge in [-0.25, -0.2) is 4.98 Å². The number of hydrogen-bond donors (Lipinski definition) is 1. The molecule has 1 aromatic heterocycles. The molecule has 0 radical (unpaired) electrons. The van der Waals surface area contributed by atoms with Crippen LogP contribution in [0.4, 0.5) is 13.2 Å². The van der Waals surface area contributed by atoms with Crippen LogP contribution < -0.4 is 5.73 Å². The van der Waals surface area contributed by atoms with Gasteiger partial charge in [-0.3, -0.25) is 0 Å². The zero-order valence-corrected chi connectivity index (χ0v) is 9.66. The van der Waals surface area contributed by atoms with Gasteiger partial charge in [-0.15, -0.1) is 11.3 Å². The number of aromatic nitrogens is 1. The SMILES string of the molecule is CC1(c2cnc(C(F)(F)F)s2)CCC(N)C1. The summed E-state index contributed by atoms with van der Waals surface area (Å²) in [7, 11) is 0. The molecule has 1 aliphatic rings. The molecule has 6 heteroatoms. The first-order valence-electron chi connectivity index (χ1n) is 5.10. The summed E-state index contributed by atoms with van der Waals surface area (Å²) in [5.41, 5.74) is 5.58. The van der Waals surface area contributed by atoms with Crippen molar-refractivity contribution in [1.29, 1.82) is 0 Å². The minimum atomic E-state index is -4.33. The molecule has 1 fully saturated rings. The number of hydrogen-bond acceptors (Lipinski definition) is 3. The molecule has 0 amide bonds. The Morgan fingerprint density at radius 2 is 2.25 bits per heavy atom. The Bertz CT molecular complexity index is 388. The number of halogens is 3. The topological polar surface area (TPSA) is 38.9 Å². The van der Waals surface area contributed by atoms with Crippen LogP contribution in [-0.2, 0) is 11.6 Å². The first-order chi connectivity index (χ1) is 7.31. The fourth-order valence-electron chi connectivity index (χ4n) is 2.19. The molecule has 1 aromatic rings. The Labute approximate surface area is 95.7 Å². The van der Waals surface area contributed by atoms with Gasteiger partial charge >= 0.3 is 6.18 Å². The summed E-state index contributed by atoms with van der Waals surface area (Å²) in [6.45, 7) is 1.97. The maximum atomic E-state index is 12.4. The van der Waals surface area contributed by atoms with Crippen molar-refractivity contribution >= 4 is 11.3 Å². The number of nitrogens with zero attached hydrogens (tertiary/aromatic N) is 1. The number of thiazole rings is 1. The van der Waals surface area contributed by atoms with Gasteiger partial charge in [0.2, 0.25) is 0 Å². The van der Waals surface area contributed by atoms with Crippen molar-refractivity contribution in [3.8, 4) is 0 Å². The van der Waals surface area contributed by atoms with E-state index in [2.05, 4.69) is 4.98 Å². The Hall–Kier alpha value is -0.620. The Kier molecular flexibility index (Phi) is 2.74. The van der Waals surface area contributed by atoms with Crippen molar-refractivity contribution in [2.24, 2.45) is 5.73 Å². The second-order valence-electron chi connectivity index (χ2n) is 4.59. The summed E-state index contributed by atoms with van der Waals surface area (Å²) in [4.78, 5) is 4.16. The van der Waals surface area contributed by atoms with E-state index < -0.39 is 11.2 Å². The normalized spacial score (nSPS) is 30.9. The highest BCUT2D eigenvalue weighted by Gasteiger charge is 2.40. The predicted octanol–water partition coefficient (Wildman–Crippen LogP) is 2.93. The predicted molar refractivity (Wildman–Crippen MR) is 56.3 cm³/mol. The van der Waals surface area contributed by atoms with Crippen molar-refractivity contribution in [2.75, 3.05) is 0 Å². The summed E-state index contributed by atoms with van der Waals surface area (Å²) in [5.74, 6) is 0. The standard InChI is InChI=1S/C10H13F3N2S/c1-9(3-2-6(14)4-9)7-5-15-8(16-7)10(11,12)13/h5-6H,2-4,14H2,1H3. The van der Waals surface area contributed by atoms with Crippen molar-refractivity contribution in [2.45, 2.75) is 43.8 Å². The van der Waals surface area contributed by atoms with Crippen molar-refractivity contribution in [3.63, 3.8) is 0 Å². The van der Waals surface area contributed by atoms with Crippen LogP contribution in [0.3, 0.4) is 0 Å². The fourth-order valence-corrected chi connectivity index (χ4v) is 3.16. The van der Waals surface area contributed by atoms with E-state index in [1.807, 2.05) is 6.92 Å². The molecule has 2 unspecified atom stereocenters. The summed E-state index contributed by atoms with van der Waals surface area (Å²) in [6, 6.07) is 0.0986. The highest BCUT2D eigenvalue weighted by molar-refractivity contribution is 7.11. The summed E-state index contributed by atoms with van der Waals surface area (Å²) in [6.07, 6.45) is -0.526. The highest BCUT2D eigenvalue weighted by Crippen LogP contribution is 2.44. The van der Waals surface area contributed by atoms with E-state index in [-0.39, 0.29) is 11.5 Å². The van der Waals surface area contributed by atoms with Crippen LogP contribution in [0.15, 0.2) is 6.20 Å². The van der Waals surface area contributed by atoms with E-state index in [1.165, 1.54) is 6.20 Å². The molecule has 1 aliphatic carbocycles. The molecule has 90 valence electrons. The van der Waals surface area contributed by atoms with Crippen molar-refractivity contribution < 1.29 is 13.2 Å². The third-order valence-electron chi connectivity index (χ3n) is 3.12. The number of nitrogens with two attached hydrogens (primary N) is 1. The molecule has 2 atom stereocenters. The third-order valence-corrected chi connectivity index (χ3v) is 4.47. The largest absolute Gasteiger partial charge is 0.443 e. The molecular formula is C10H13F3N2S. The Morgan fingerprint density at radius 1 is 1.56 bits per heavy atom. The van der Waals surface area contributed by atoms with E-state index in [9.17, 15) is 13.2 Å². The molecular weight excluding hydrogens is 237 g/mol. The minimum absolute atomic E-state index is 0.0986. The Balaban J connectivity index is 2.25. The lowest BCUT2D eigenvalue weighted by molar-refractivity contribution is -0.137. The lowest BCUT2D eigenvalue weighted by Gasteiger charge is -2.21. The lowest BCUT2D eigenvalue weighted by atomic mass is 9.87. The van der Waals surface area contributed by atoms with E-state index in [0.717, 1.165) is 30.6 Å². The molecule has 2 nitrogen and oxygen atoms in total. The monoisotopic (exact) mass is 250 g/mol. The van der Waals surface area contributed by atoms with Crippen LogP contribution in [0.2, 0.25) is 0 Å². The summed E-state index contributed by atoms with van der Waals surface area (Å²) < 4.78 is 37.2. The summed E-state index contributed by atoms with van der Waals surface area (Å²) in [5, 5.41) is -0.760. The molecule has 0 bridgehead atoms. The first kappa shape index (κ1) is 11.9. The van der Waals surface area contributed by atoms with E-state index in [4.69, 9.17) is 5.73 Å². The van der Waals surface area contributed by atoms with Crippen LogP contribution in [0.25, 0.3) is 0 Å². The van der Waals surface area contributed by atoms with Crippen molar-refractivity contribution in [3.05, 3.63) is 16.1 Å². The molecule has 0 spiro atoms. The molecule has 0 aliphatic heterocycles. The van der Waals surface area contributed by atoms with E-state index in [1.54, 1.807) is 0 Å². The third kappa shape index (κ3) is 2.08. The first-order valence-corrected chi connectivity index (χ1v) is 5.92. The van der Waals surface area contributed by atoms with Crippen molar-refractivity contribution in [1.82, 2.24) is 4.98 Å². The number of rotatable bonds is 1. The maximum Gasteiger partial charge on any atom is 0.443 e. The molecule has 16 heavy (non-hydrogen) atoms. The van der Waals surface area contributed by atoms with Crippen LogP contribution in [-0.4, -0.2) is 11.0 Å².